The van der Waals surface area contributed by atoms with Crippen LogP contribution in [0.1, 0.15) is 36.4 Å². The lowest BCUT2D eigenvalue weighted by Crippen LogP contribution is -2.32. The second-order valence-corrected chi connectivity index (χ2v) is 5.91. The van der Waals surface area contributed by atoms with E-state index in [1.165, 1.54) is 30.7 Å². The highest BCUT2D eigenvalue weighted by Gasteiger charge is 2.40. The van der Waals surface area contributed by atoms with Crippen molar-refractivity contribution < 1.29 is 0 Å². The van der Waals surface area contributed by atoms with Gasteiger partial charge in [0, 0.05) is 23.7 Å². The van der Waals surface area contributed by atoms with E-state index >= 15 is 0 Å². The number of aromatic nitrogens is 1. The SMILES string of the molecule is Cc1csc(CNC(C2CC2)C2CC2)n1. The normalized spacial score (nSPS) is 21.2. The van der Waals surface area contributed by atoms with Crippen molar-refractivity contribution in [2.75, 3.05) is 0 Å². The van der Waals surface area contributed by atoms with Crippen LogP contribution in [0.2, 0.25) is 0 Å². The number of hydrogen-bond acceptors (Lipinski definition) is 3. The molecule has 0 amide bonds. The molecule has 0 aromatic carbocycles. The van der Waals surface area contributed by atoms with Crippen molar-refractivity contribution in [2.24, 2.45) is 11.8 Å². The molecule has 0 aliphatic heterocycles. The van der Waals surface area contributed by atoms with Gasteiger partial charge in [0.1, 0.15) is 5.01 Å². The second kappa shape index (κ2) is 3.87. The molecular weight excluding hydrogens is 204 g/mol. The standard InChI is InChI=1S/C12H18N2S/c1-8-7-15-11(14-8)6-13-12(9-2-3-9)10-4-5-10/h7,9-10,12-13H,2-6H2,1H3. The molecule has 1 N–H and O–H groups in total. The summed E-state index contributed by atoms with van der Waals surface area (Å²) in [5.41, 5.74) is 1.16. The molecule has 2 saturated carbocycles. The highest BCUT2D eigenvalue weighted by molar-refractivity contribution is 7.09. The van der Waals surface area contributed by atoms with Gasteiger partial charge in [-0.1, -0.05) is 0 Å². The van der Waals surface area contributed by atoms with Gasteiger partial charge in [0.05, 0.1) is 0 Å². The highest BCUT2D eigenvalue weighted by atomic mass is 32.1. The molecule has 0 radical (unpaired) electrons. The Labute approximate surface area is 95.1 Å². The van der Waals surface area contributed by atoms with Crippen molar-refractivity contribution in [3.05, 3.63) is 16.1 Å². The average Bonchev–Trinajstić information content (AvgIpc) is 3.09. The first kappa shape index (κ1) is 9.79. The van der Waals surface area contributed by atoms with Gasteiger partial charge >= 0.3 is 0 Å². The second-order valence-electron chi connectivity index (χ2n) is 4.96. The molecule has 1 aromatic heterocycles. The van der Waals surface area contributed by atoms with E-state index in [4.69, 9.17) is 0 Å². The van der Waals surface area contributed by atoms with E-state index < -0.39 is 0 Å². The van der Waals surface area contributed by atoms with Crippen LogP contribution in [0, 0.1) is 18.8 Å². The molecule has 2 aliphatic rings. The van der Waals surface area contributed by atoms with E-state index in [0.717, 1.165) is 30.1 Å². The number of nitrogens with zero attached hydrogens (tertiary/aromatic N) is 1. The summed E-state index contributed by atoms with van der Waals surface area (Å²) < 4.78 is 0. The van der Waals surface area contributed by atoms with E-state index in [1.54, 1.807) is 11.3 Å². The van der Waals surface area contributed by atoms with Crippen molar-refractivity contribution in [3.8, 4) is 0 Å². The molecule has 0 atom stereocenters. The maximum absolute atomic E-state index is 4.50. The first-order valence-corrected chi connectivity index (χ1v) is 6.85. The van der Waals surface area contributed by atoms with Crippen LogP contribution in [0.25, 0.3) is 0 Å². The smallest absolute Gasteiger partial charge is 0.107 e. The minimum atomic E-state index is 0.800. The van der Waals surface area contributed by atoms with E-state index in [-0.39, 0.29) is 0 Å². The van der Waals surface area contributed by atoms with E-state index in [1.807, 2.05) is 0 Å². The third-order valence-corrected chi connectivity index (χ3v) is 4.38. The predicted octanol–water partition coefficient (Wildman–Crippen LogP) is 2.73. The molecule has 0 unspecified atom stereocenters. The van der Waals surface area contributed by atoms with Crippen molar-refractivity contribution >= 4 is 11.3 Å². The zero-order valence-corrected chi connectivity index (χ0v) is 10.0. The number of aryl methyl sites for hydroxylation is 1. The summed E-state index contributed by atoms with van der Waals surface area (Å²) in [6.45, 7) is 3.05. The summed E-state index contributed by atoms with van der Waals surface area (Å²) in [6.07, 6.45) is 5.80. The summed E-state index contributed by atoms with van der Waals surface area (Å²) >= 11 is 1.78. The molecule has 15 heavy (non-hydrogen) atoms. The van der Waals surface area contributed by atoms with Crippen LogP contribution < -0.4 is 5.32 Å². The Balaban J connectivity index is 1.55. The van der Waals surface area contributed by atoms with Gasteiger partial charge in [0.15, 0.2) is 0 Å². The van der Waals surface area contributed by atoms with Crippen LogP contribution >= 0.6 is 11.3 Å². The first-order valence-electron chi connectivity index (χ1n) is 5.97. The van der Waals surface area contributed by atoms with E-state index in [0.29, 0.717) is 0 Å². The van der Waals surface area contributed by atoms with Crippen LogP contribution in [-0.4, -0.2) is 11.0 Å². The summed E-state index contributed by atoms with van der Waals surface area (Å²) in [7, 11) is 0. The summed E-state index contributed by atoms with van der Waals surface area (Å²) in [5, 5.41) is 7.11. The zero-order chi connectivity index (χ0) is 10.3. The fourth-order valence-electron chi connectivity index (χ4n) is 2.32. The monoisotopic (exact) mass is 222 g/mol. The van der Waals surface area contributed by atoms with Gasteiger partial charge in [0.25, 0.3) is 0 Å². The van der Waals surface area contributed by atoms with Crippen LogP contribution in [-0.2, 0) is 6.54 Å². The average molecular weight is 222 g/mol. The Morgan fingerprint density at radius 3 is 2.53 bits per heavy atom. The maximum atomic E-state index is 4.50. The minimum absolute atomic E-state index is 0.800. The third kappa shape index (κ3) is 2.40. The van der Waals surface area contributed by atoms with Crippen LogP contribution in [0.3, 0.4) is 0 Å². The summed E-state index contributed by atoms with van der Waals surface area (Å²) in [6, 6.07) is 0.800. The Kier molecular flexibility index (Phi) is 2.53. The van der Waals surface area contributed by atoms with Gasteiger partial charge < -0.3 is 5.32 Å². The highest BCUT2D eigenvalue weighted by Crippen LogP contribution is 2.44. The lowest BCUT2D eigenvalue weighted by Gasteiger charge is -2.16. The number of nitrogens with one attached hydrogen (secondary N) is 1. The summed E-state index contributed by atoms with van der Waals surface area (Å²) in [4.78, 5) is 4.50. The van der Waals surface area contributed by atoms with E-state index in [9.17, 15) is 0 Å². The van der Waals surface area contributed by atoms with Crippen molar-refractivity contribution in [1.29, 1.82) is 0 Å². The largest absolute Gasteiger partial charge is 0.307 e. The third-order valence-electron chi connectivity index (χ3n) is 3.42. The quantitative estimate of drug-likeness (QED) is 0.828. The van der Waals surface area contributed by atoms with Gasteiger partial charge in [0.2, 0.25) is 0 Å². The van der Waals surface area contributed by atoms with Crippen LogP contribution in [0.4, 0.5) is 0 Å². The molecule has 2 nitrogen and oxygen atoms in total. The Hall–Kier alpha value is -0.410. The lowest BCUT2D eigenvalue weighted by atomic mass is 10.1. The first-order chi connectivity index (χ1) is 7.33. The van der Waals surface area contributed by atoms with Crippen molar-refractivity contribution in [3.63, 3.8) is 0 Å². The van der Waals surface area contributed by atoms with E-state index in [2.05, 4.69) is 22.6 Å². The molecule has 0 saturated heterocycles. The number of hydrogen-bond donors (Lipinski definition) is 1. The Morgan fingerprint density at radius 2 is 2.07 bits per heavy atom. The molecule has 2 aliphatic carbocycles. The zero-order valence-electron chi connectivity index (χ0n) is 9.20. The molecular formula is C12H18N2S. The molecule has 0 bridgehead atoms. The van der Waals surface area contributed by atoms with Gasteiger partial charge in [-0.2, -0.15) is 0 Å². The molecule has 3 heteroatoms. The topological polar surface area (TPSA) is 24.9 Å². The maximum Gasteiger partial charge on any atom is 0.107 e. The molecule has 3 rings (SSSR count). The Morgan fingerprint density at radius 1 is 1.40 bits per heavy atom. The van der Waals surface area contributed by atoms with Crippen molar-refractivity contribution in [1.82, 2.24) is 10.3 Å². The predicted molar refractivity (Wildman–Crippen MR) is 62.9 cm³/mol. The summed E-state index contributed by atoms with van der Waals surface area (Å²) in [5.74, 6) is 1.97. The fraction of sp³-hybridized carbons (Fsp3) is 0.750. The molecule has 2 fully saturated rings. The van der Waals surface area contributed by atoms with Crippen LogP contribution in [0.15, 0.2) is 5.38 Å². The van der Waals surface area contributed by atoms with Crippen molar-refractivity contribution in [2.45, 2.75) is 45.2 Å². The molecule has 82 valence electrons. The van der Waals surface area contributed by atoms with Crippen LogP contribution in [0.5, 0.6) is 0 Å². The van der Waals surface area contributed by atoms with Gasteiger partial charge in [-0.25, -0.2) is 4.98 Å². The fourth-order valence-corrected chi connectivity index (χ4v) is 3.04. The number of rotatable bonds is 5. The molecule has 1 heterocycles. The van der Waals surface area contributed by atoms with Gasteiger partial charge in [-0.3, -0.25) is 0 Å². The molecule has 0 spiro atoms. The van der Waals surface area contributed by atoms with Gasteiger partial charge in [-0.05, 0) is 44.4 Å². The minimum Gasteiger partial charge on any atom is -0.307 e. The molecule has 1 aromatic rings. The lowest BCUT2D eigenvalue weighted by molar-refractivity contribution is 0.415. The number of thiazole rings is 1. The van der Waals surface area contributed by atoms with Gasteiger partial charge in [-0.15, -0.1) is 11.3 Å². The Bertz CT molecular complexity index is 327.